The zero-order valence-electron chi connectivity index (χ0n) is 7.79. The average molecular weight is 194 g/mol. The minimum absolute atomic E-state index is 0.0516. The second-order valence-electron chi connectivity index (χ2n) is 3.10. The molecular formula is C10H11FN2O. The van der Waals surface area contributed by atoms with E-state index in [4.69, 9.17) is 11.0 Å². The van der Waals surface area contributed by atoms with E-state index in [1.54, 1.807) is 6.92 Å². The van der Waals surface area contributed by atoms with E-state index in [1.807, 2.05) is 6.07 Å². The maximum absolute atomic E-state index is 13.2. The van der Waals surface area contributed by atoms with Gasteiger partial charge in [0.15, 0.2) is 11.6 Å². The molecule has 74 valence electrons. The van der Waals surface area contributed by atoms with Crippen LogP contribution in [-0.4, -0.2) is 5.11 Å². The van der Waals surface area contributed by atoms with Crippen LogP contribution in [-0.2, 0) is 0 Å². The normalized spacial score (nSPS) is 12.1. The van der Waals surface area contributed by atoms with Gasteiger partial charge in [0.25, 0.3) is 0 Å². The van der Waals surface area contributed by atoms with Gasteiger partial charge in [-0.3, -0.25) is 0 Å². The maximum atomic E-state index is 13.2. The molecule has 0 fully saturated rings. The van der Waals surface area contributed by atoms with Crippen LogP contribution < -0.4 is 5.73 Å². The van der Waals surface area contributed by atoms with Gasteiger partial charge in [0, 0.05) is 11.6 Å². The van der Waals surface area contributed by atoms with Crippen LogP contribution in [0.25, 0.3) is 0 Å². The Morgan fingerprint density at radius 2 is 2.29 bits per heavy atom. The first kappa shape index (κ1) is 10.5. The number of phenols is 1. The molecule has 1 rings (SSSR count). The first-order chi connectivity index (χ1) is 6.57. The van der Waals surface area contributed by atoms with Crippen molar-refractivity contribution in [2.75, 3.05) is 0 Å². The molecule has 1 aromatic rings. The lowest BCUT2D eigenvalue weighted by Gasteiger charge is -2.11. The Hall–Kier alpha value is -1.60. The third kappa shape index (κ3) is 1.83. The summed E-state index contributed by atoms with van der Waals surface area (Å²) in [7, 11) is 0. The Morgan fingerprint density at radius 3 is 2.86 bits per heavy atom. The van der Waals surface area contributed by atoms with E-state index in [0.717, 1.165) is 0 Å². The topological polar surface area (TPSA) is 70.0 Å². The molecular weight excluding hydrogens is 183 g/mol. The second-order valence-corrected chi connectivity index (χ2v) is 3.10. The lowest BCUT2D eigenvalue weighted by atomic mass is 10.0. The molecule has 0 aliphatic carbocycles. The zero-order chi connectivity index (χ0) is 10.7. The molecule has 1 aromatic carbocycles. The smallest absolute Gasteiger partial charge is 0.168 e. The lowest BCUT2D eigenvalue weighted by molar-refractivity contribution is 0.418. The lowest BCUT2D eigenvalue weighted by Crippen LogP contribution is -2.10. The van der Waals surface area contributed by atoms with Crippen molar-refractivity contribution in [1.82, 2.24) is 0 Å². The number of hydrogen-bond acceptors (Lipinski definition) is 3. The molecule has 0 bridgehead atoms. The highest BCUT2D eigenvalue weighted by molar-refractivity contribution is 5.39. The summed E-state index contributed by atoms with van der Waals surface area (Å²) in [6, 6.07) is 4.29. The van der Waals surface area contributed by atoms with Gasteiger partial charge in [-0.2, -0.15) is 5.26 Å². The third-order valence-corrected chi connectivity index (χ3v) is 2.05. The molecule has 0 aliphatic heterocycles. The molecule has 0 aromatic heterocycles. The van der Waals surface area contributed by atoms with Crippen molar-refractivity contribution in [2.45, 2.75) is 19.4 Å². The Bertz CT molecular complexity index is 384. The first-order valence-corrected chi connectivity index (χ1v) is 4.18. The third-order valence-electron chi connectivity index (χ3n) is 2.05. The van der Waals surface area contributed by atoms with E-state index in [1.165, 1.54) is 12.1 Å². The van der Waals surface area contributed by atoms with E-state index >= 15 is 0 Å². The minimum Gasteiger partial charge on any atom is -0.505 e. The summed E-state index contributed by atoms with van der Waals surface area (Å²) < 4.78 is 13.2. The molecule has 14 heavy (non-hydrogen) atoms. The van der Waals surface area contributed by atoms with Gasteiger partial charge in [-0.05, 0) is 12.5 Å². The van der Waals surface area contributed by atoms with Crippen molar-refractivity contribution in [2.24, 2.45) is 5.73 Å². The van der Waals surface area contributed by atoms with Crippen molar-refractivity contribution in [3.63, 3.8) is 0 Å². The first-order valence-electron chi connectivity index (χ1n) is 4.18. The van der Waals surface area contributed by atoms with Crippen LogP contribution in [0.15, 0.2) is 12.1 Å². The fourth-order valence-electron chi connectivity index (χ4n) is 1.19. The molecule has 4 heteroatoms. The highest BCUT2D eigenvalue weighted by Crippen LogP contribution is 2.29. The zero-order valence-corrected chi connectivity index (χ0v) is 7.79. The Balaban J connectivity index is 3.12. The van der Waals surface area contributed by atoms with Crippen LogP contribution in [0, 0.1) is 24.1 Å². The van der Waals surface area contributed by atoms with Crippen molar-refractivity contribution < 1.29 is 9.50 Å². The van der Waals surface area contributed by atoms with E-state index < -0.39 is 17.6 Å². The standard InChI is InChI=1S/C10H11FN2O/c1-6-2-3-7(8(13)4-5-12)10(14)9(6)11/h2-3,8,14H,4,13H2,1H3. The number of nitrogens with zero attached hydrogens (tertiary/aromatic N) is 1. The van der Waals surface area contributed by atoms with Crippen LogP contribution in [0.3, 0.4) is 0 Å². The van der Waals surface area contributed by atoms with E-state index in [-0.39, 0.29) is 12.0 Å². The molecule has 1 atom stereocenters. The van der Waals surface area contributed by atoms with Gasteiger partial charge in [-0.1, -0.05) is 12.1 Å². The summed E-state index contributed by atoms with van der Waals surface area (Å²) in [6.45, 7) is 1.55. The van der Waals surface area contributed by atoms with Crippen LogP contribution in [0.2, 0.25) is 0 Å². The Morgan fingerprint density at radius 1 is 1.64 bits per heavy atom. The Kier molecular flexibility index (Phi) is 3.05. The van der Waals surface area contributed by atoms with Gasteiger partial charge in [-0.15, -0.1) is 0 Å². The van der Waals surface area contributed by atoms with Gasteiger partial charge in [-0.25, -0.2) is 4.39 Å². The highest BCUT2D eigenvalue weighted by Gasteiger charge is 2.15. The molecule has 0 aliphatic rings. The molecule has 0 heterocycles. The summed E-state index contributed by atoms with van der Waals surface area (Å²) >= 11 is 0. The van der Waals surface area contributed by atoms with Crippen LogP contribution in [0.4, 0.5) is 4.39 Å². The van der Waals surface area contributed by atoms with Gasteiger partial charge < -0.3 is 10.8 Å². The average Bonchev–Trinajstić information content (AvgIpc) is 2.15. The number of nitrogens with two attached hydrogens (primary N) is 1. The largest absolute Gasteiger partial charge is 0.505 e. The number of benzene rings is 1. The van der Waals surface area contributed by atoms with Crippen molar-refractivity contribution in [1.29, 1.82) is 5.26 Å². The number of aryl methyl sites for hydroxylation is 1. The van der Waals surface area contributed by atoms with Crippen LogP contribution in [0.1, 0.15) is 23.6 Å². The van der Waals surface area contributed by atoms with E-state index in [2.05, 4.69) is 0 Å². The number of halogens is 1. The molecule has 3 nitrogen and oxygen atoms in total. The summed E-state index contributed by atoms with van der Waals surface area (Å²) in [6.07, 6.45) is 0.0516. The number of hydrogen-bond donors (Lipinski definition) is 2. The maximum Gasteiger partial charge on any atom is 0.168 e. The van der Waals surface area contributed by atoms with Gasteiger partial charge in [0.05, 0.1) is 12.5 Å². The van der Waals surface area contributed by atoms with Crippen LogP contribution >= 0.6 is 0 Å². The van der Waals surface area contributed by atoms with Gasteiger partial charge in [0.1, 0.15) is 0 Å². The molecule has 0 radical (unpaired) electrons. The summed E-state index contributed by atoms with van der Waals surface area (Å²) in [5.74, 6) is -1.12. The van der Waals surface area contributed by atoms with Gasteiger partial charge >= 0.3 is 0 Å². The molecule has 0 saturated carbocycles. The fourth-order valence-corrected chi connectivity index (χ4v) is 1.19. The van der Waals surface area contributed by atoms with Crippen molar-refractivity contribution in [3.8, 4) is 11.8 Å². The predicted molar refractivity (Wildman–Crippen MR) is 50.0 cm³/mol. The van der Waals surface area contributed by atoms with Gasteiger partial charge in [0.2, 0.25) is 0 Å². The Labute approximate surface area is 81.6 Å². The summed E-state index contributed by atoms with van der Waals surface area (Å²) in [5, 5.41) is 17.8. The molecule has 0 spiro atoms. The monoisotopic (exact) mass is 194 g/mol. The summed E-state index contributed by atoms with van der Waals surface area (Å²) in [4.78, 5) is 0. The van der Waals surface area contributed by atoms with Crippen molar-refractivity contribution in [3.05, 3.63) is 29.1 Å². The molecule has 1 unspecified atom stereocenters. The molecule has 0 amide bonds. The number of phenolic OH excluding ortho intramolecular Hbond substituents is 1. The highest BCUT2D eigenvalue weighted by atomic mass is 19.1. The fraction of sp³-hybridized carbons (Fsp3) is 0.300. The molecule has 3 N–H and O–H groups in total. The van der Waals surface area contributed by atoms with Crippen molar-refractivity contribution >= 4 is 0 Å². The predicted octanol–water partition coefficient (Wildman–Crippen LogP) is 1.75. The van der Waals surface area contributed by atoms with E-state index in [9.17, 15) is 9.50 Å². The SMILES string of the molecule is Cc1ccc(C(N)CC#N)c(O)c1F. The molecule has 0 saturated heterocycles. The number of nitriles is 1. The van der Waals surface area contributed by atoms with E-state index in [0.29, 0.717) is 5.56 Å². The number of rotatable bonds is 2. The second kappa shape index (κ2) is 4.07. The number of aromatic hydroxyl groups is 1. The minimum atomic E-state index is -0.670. The van der Waals surface area contributed by atoms with Crippen LogP contribution in [0.5, 0.6) is 5.75 Å². The quantitative estimate of drug-likeness (QED) is 0.753. The summed E-state index contributed by atoms with van der Waals surface area (Å²) in [5.41, 5.74) is 6.21.